The highest BCUT2D eigenvalue weighted by molar-refractivity contribution is 5.79. The first kappa shape index (κ1) is 15.6. The summed E-state index contributed by atoms with van der Waals surface area (Å²) in [5.74, 6) is 2.09. The van der Waals surface area contributed by atoms with Crippen molar-refractivity contribution in [2.24, 2.45) is 11.8 Å². The zero-order valence-corrected chi connectivity index (χ0v) is 13.5. The molecule has 0 unspecified atom stereocenters. The molecule has 1 aromatic heterocycles. The lowest BCUT2D eigenvalue weighted by Crippen LogP contribution is -2.37. The van der Waals surface area contributed by atoms with Crippen molar-refractivity contribution >= 4 is 5.91 Å². The van der Waals surface area contributed by atoms with Gasteiger partial charge in [0, 0.05) is 12.5 Å². The lowest BCUT2D eigenvalue weighted by Gasteiger charge is -2.24. The Morgan fingerprint density at radius 1 is 1.39 bits per heavy atom. The van der Waals surface area contributed by atoms with Gasteiger partial charge in [-0.3, -0.25) is 4.79 Å². The second kappa shape index (κ2) is 6.86. The maximum absolute atomic E-state index is 12.3. The smallest absolute Gasteiger partial charge is 0.227 e. The van der Waals surface area contributed by atoms with Gasteiger partial charge in [-0.05, 0) is 24.0 Å². The number of fused-ring (bicyclic) bond motifs is 1. The molecule has 5 nitrogen and oxygen atoms in total. The second-order valence-corrected chi connectivity index (χ2v) is 6.42. The van der Waals surface area contributed by atoms with Gasteiger partial charge in [-0.15, -0.1) is 0 Å². The van der Waals surface area contributed by atoms with Crippen LogP contribution >= 0.6 is 0 Å². The van der Waals surface area contributed by atoms with Gasteiger partial charge in [0.1, 0.15) is 23.8 Å². The summed E-state index contributed by atoms with van der Waals surface area (Å²) in [6.45, 7) is 5.06. The molecule has 2 heterocycles. The van der Waals surface area contributed by atoms with Crippen molar-refractivity contribution in [2.75, 3.05) is 6.61 Å². The maximum atomic E-state index is 12.3. The number of benzene rings is 1. The third-order valence-corrected chi connectivity index (χ3v) is 3.91. The molecule has 5 heteroatoms. The predicted octanol–water partition coefficient (Wildman–Crippen LogP) is 2.74. The number of rotatable bonds is 5. The SMILES string of the molecule is CC(C)Cc1cc(CNC(=O)[C@H]2COc3ccccc3C2)no1. The van der Waals surface area contributed by atoms with Crippen LogP contribution in [0.15, 0.2) is 34.9 Å². The molecule has 1 N–H and O–H groups in total. The van der Waals surface area contributed by atoms with E-state index in [2.05, 4.69) is 24.3 Å². The van der Waals surface area contributed by atoms with Crippen LogP contribution in [0.5, 0.6) is 5.75 Å². The summed E-state index contributed by atoms with van der Waals surface area (Å²) in [5.41, 5.74) is 1.84. The highest BCUT2D eigenvalue weighted by Crippen LogP contribution is 2.26. The Morgan fingerprint density at radius 2 is 2.22 bits per heavy atom. The molecular formula is C18H22N2O3. The molecule has 0 spiro atoms. The van der Waals surface area contributed by atoms with Gasteiger partial charge in [0.05, 0.1) is 12.5 Å². The first-order valence-electron chi connectivity index (χ1n) is 8.04. The van der Waals surface area contributed by atoms with Gasteiger partial charge in [0.25, 0.3) is 0 Å². The monoisotopic (exact) mass is 314 g/mol. The number of hydrogen-bond donors (Lipinski definition) is 1. The van der Waals surface area contributed by atoms with Crippen molar-refractivity contribution in [2.45, 2.75) is 33.2 Å². The lowest BCUT2D eigenvalue weighted by atomic mass is 9.96. The van der Waals surface area contributed by atoms with E-state index < -0.39 is 0 Å². The number of nitrogens with zero attached hydrogens (tertiary/aromatic N) is 1. The minimum atomic E-state index is -0.160. The molecule has 2 aromatic rings. The van der Waals surface area contributed by atoms with Crippen molar-refractivity contribution in [3.63, 3.8) is 0 Å². The minimum Gasteiger partial charge on any atom is -0.492 e. The molecule has 0 aliphatic carbocycles. The van der Waals surface area contributed by atoms with Gasteiger partial charge in [-0.1, -0.05) is 37.2 Å². The van der Waals surface area contributed by atoms with E-state index in [1.807, 2.05) is 30.3 Å². The molecule has 23 heavy (non-hydrogen) atoms. The van der Waals surface area contributed by atoms with Crippen LogP contribution in [0, 0.1) is 11.8 Å². The highest BCUT2D eigenvalue weighted by Gasteiger charge is 2.25. The number of hydrogen-bond acceptors (Lipinski definition) is 4. The lowest BCUT2D eigenvalue weighted by molar-refractivity contribution is -0.126. The standard InChI is InChI=1S/C18H22N2O3/c1-12(2)7-16-9-15(20-23-16)10-19-18(21)14-8-13-5-3-4-6-17(13)22-11-14/h3-6,9,12,14H,7-8,10-11H2,1-2H3,(H,19,21)/t14-/m1/s1. The van der Waals surface area contributed by atoms with Crippen LogP contribution in [0.25, 0.3) is 0 Å². The fourth-order valence-electron chi connectivity index (χ4n) is 2.76. The molecule has 1 amide bonds. The van der Waals surface area contributed by atoms with Gasteiger partial charge in [-0.2, -0.15) is 0 Å². The number of aromatic nitrogens is 1. The summed E-state index contributed by atoms with van der Waals surface area (Å²) in [5, 5.41) is 6.93. The number of para-hydroxylation sites is 1. The summed E-state index contributed by atoms with van der Waals surface area (Å²) in [4.78, 5) is 12.3. The first-order chi connectivity index (χ1) is 11.1. The number of carbonyl (C=O) groups is 1. The van der Waals surface area contributed by atoms with E-state index in [4.69, 9.17) is 9.26 Å². The van der Waals surface area contributed by atoms with Crippen LogP contribution in [-0.2, 0) is 24.2 Å². The maximum Gasteiger partial charge on any atom is 0.227 e. The van der Waals surface area contributed by atoms with Crippen LogP contribution in [0.1, 0.15) is 30.9 Å². The third kappa shape index (κ3) is 3.92. The second-order valence-electron chi connectivity index (χ2n) is 6.42. The molecule has 0 saturated carbocycles. The van der Waals surface area contributed by atoms with E-state index in [1.54, 1.807) is 0 Å². The Hall–Kier alpha value is -2.30. The predicted molar refractivity (Wildman–Crippen MR) is 86.0 cm³/mol. The van der Waals surface area contributed by atoms with Crippen LogP contribution in [-0.4, -0.2) is 17.7 Å². The molecule has 0 fully saturated rings. The van der Waals surface area contributed by atoms with Crippen LogP contribution in [0.2, 0.25) is 0 Å². The van der Waals surface area contributed by atoms with Crippen molar-refractivity contribution in [1.82, 2.24) is 10.5 Å². The topological polar surface area (TPSA) is 64.4 Å². The van der Waals surface area contributed by atoms with Gasteiger partial charge < -0.3 is 14.6 Å². The van der Waals surface area contributed by atoms with Crippen molar-refractivity contribution in [1.29, 1.82) is 0 Å². The van der Waals surface area contributed by atoms with Gasteiger partial charge in [0.2, 0.25) is 5.91 Å². The molecule has 122 valence electrons. The molecule has 3 rings (SSSR count). The number of carbonyl (C=O) groups excluding carboxylic acids is 1. The third-order valence-electron chi connectivity index (χ3n) is 3.91. The summed E-state index contributed by atoms with van der Waals surface area (Å²) in [6, 6.07) is 9.76. The number of ether oxygens (including phenoxy) is 1. The number of amides is 1. The summed E-state index contributed by atoms with van der Waals surface area (Å²) >= 11 is 0. The molecular weight excluding hydrogens is 292 g/mol. The zero-order chi connectivity index (χ0) is 16.2. The Balaban J connectivity index is 1.53. The van der Waals surface area contributed by atoms with Crippen LogP contribution < -0.4 is 10.1 Å². The first-order valence-corrected chi connectivity index (χ1v) is 8.04. The van der Waals surface area contributed by atoms with E-state index in [0.717, 1.165) is 29.2 Å². The summed E-state index contributed by atoms with van der Waals surface area (Å²) < 4.78 is 10.9. The fraction of sp³-hybridized carbons (Fsp3) is 0.444. The summed E-state index contributed by atoms with van der Waals surface area (Å²) in [6.07, 6.45) is 1.56. The zero-order valence-electron chi connectivity index (χ0n) is 13.5. The molecule has 0 radical (unpaired) electrons. The van der Waals surface area contributed by atoms with E-state index in [0.29, 0.717) is 25.5 Å². The Kier molecular flexibility index (Phi) is 4.65. The average molecular weight is 314 g/mol. The summed E-state index contributed by atoms with van der Waals surface area (Å²) in [7, 11) is 0. The van der Waals surface area contributed by atoms with Gasteiger partial charge in [-0.25, -0.2) is 0 Å². The van der Waals surface area contributed by atoms with Crippen molar-refractivity contribution in [3.05, 3.63) is 47.3 Å². The van der Waals surface area contributed by atoms with Crippen LogP contribution in [0.4, 0.5) is 0 Å². The van der Waals surface area contributed by atoms with Gasteiger partial charge in [0.15, 0.2) is 0 Å². The van der Waals surface area contributed by atoms with Crippen molar-refractivity contribution < 1.29 is 14.1 Å². The van der Waals surface area contributed by atoms with Crippen LogP contribution in [0.3, 0.4) is 0 Å². The minimum absolute atomic E-state index is 0.00656. The van der Waals surface area contributed by atoms with Gasteiger partial charge >= 0.3 is 0 Å². The van der Waals surface area contributed by atoms with E-state index in [-0.39, 0.29) is 11.8 Å². The van der Waals surface area contributed by atoms with E-state index >= 15 is 0 Å². The largest absolute Gasteiger partial charge is 0.492 e. The highest BCUT2D eigenvalue weighted by atomic mass is 16.5. The van der Waals surface area contributed by atoms with E-state index in [1.165, 1.54) is 0 Å². The number of nitrogens with one attached hydrogen (secondary N) is 1. The quantitative estimate of drug-likeness (QED) is 0.921. The molecule has 1 aliphatic heterocycles. The van der Waals surface area contributed by atoms with Crippen molar-refractivity contribution in [3.8, 4) is 5.75 Å². The van der Waals surface area contributed by atoms with E-state index in [9.17, 15) is 4.79 Å². The molecule has 0 bridgehead atoms. The molecule has 0 saturated heterocycles. The average Bonchev–Trinajstić information content (AvgIpc) is 2.98. The molecule has 1 aliphatic rings. The molecule has 1 atom stereocenters. The Bertz CT molecular complexity index is 678. The molecule has 1 aromatic carbocycles. The Morgan fingerprint density at radius 3 is 3.04 bits per heavy atom. The fourth-order valence-corrected chi connectivity index (χ4v) is 2.76. The Labute approximate surface area is 136 Å². The normalized spacial score (nSPS) is 16.7.